The molecule has 1 atom stereocenters. The monoisotopic (exact) mass is 219 g/mol. The van der Waals surface area contributed by atoms with Crippen LogP contribution in [0.5, 0.6) is 0 Å². The first-order chi connectivity index (χ1) is 7.75. The van der Waals surface area contributed by atoms with Crippen molar-refractivity contribution in [3.05, 3.63) is 48.3 Å². The topological polar surface area (TPSA) is 55.4 Å². The van der Waals surface area contributed by atoms with Gasteiger partial charge in [-0.05, 0) is 31.0 Å². The summed E-state index contributed by atoms with van der Waals surface area (Å²) in [5.74, 6) is -0.121. The van der Waals surface area contributed by atoms with Crippen LogP contribution in [0.25, 0.3) is 0 Å². The second-order valence-corrected chi connectivity index (χ2v) is 3.72. The number of hydrogen-bond donors (Lipinski definition) is 1. The Balaban J connectivity index is 1.88. The Bertz CT molecular complexity index is 431. The van der Waals surface area contributed by atoms with Gasteiger partial charge in [0.2, 0.25) is 0 Å². The van der Waals surface area contributed by atoms with Crippen molar-refractivity contribution in [3.63, 3.8) is 0 Å². The van der Waals surface area contributed by atoms with Crippen LogP contribution in [0.1, 0.15) is 22.8 Å². The van der Waals surface area contributed by atoms with Gasteiger partial charge in [0.15, 0.2) is 0 Å². The maximum Gasteiger partial charge on any atom is 0.254 e. The molecule has 0 aromatic carbocycles. The lowest BCUT2D eigenvalue weighted by molar-refractivity contribution is 0.0939. The zero-order valence-electron chi connectivity index (χ0n) is 8.97. The summed E-state index contributed by atoms with van der Waals surface area (Å²) in [5, 5.41) is 2.88. The quantitative estimate of drug-likeness (QED) is 0.857. The van der Waals surface area contributed by atoms with Crippen LogP contribution in [-0.4, -0.2) is 11.9 Å². The summed E-state index contributed by atoms with van der Waals surface area (Å²) in [6.45, 7) is 1.95. The van der Waals surface area contributed by atoms with Crippen molar-refractivity contribution in [1.29, 1.82) is 0 Å². The molecule has 4 nitrogen and oxygen atoms in total. The van der Waals surface area contributed by atoms with Crippen molar-refractivity contribution in [2.75, 3.05) is 0 Å². The molecule has 1 N–H and O–H groups in total. The average molecular weight is 219 g/mol. The zero-order chi connectivity index (χ0) is 11.4. The van der Waals surface area contributed by atoms with Crippen LogP contribution < -0.4 is 5.32 Å². The van der Waals surface area contributed by atoms with Crippen molar-refractivity contribution < 1.29 is 13.6 Å². The van der Waals surface area contributed by atoms with Crippen LogP contribution in [0, 0.1) is 0 Å². The molecule has 2 rings (SSSR count). The van der Waals surface area contributed by atoms with Crippen LogP contribution >= 0.6 is 0 Å². The molecule has 0 saturated carbocycles. The Morgan fingerprint density at radius 1 is 1.31 bits per heavy atom. The van der Waals surface area contributed by atoms with Crippen LogP contribution in [-0.2, 0) is 6.42 Å². The van der Waals surface area contributed by atoms with E-state index in [4.69, 9.17) is 8.83 Å². The highest BCUT2D eigenvalue weighted by molar-refractivity contribution is 5.93. The van der Waals surface area contributed by atoms with E-state index in [1.807, 2.05) is 13.0 Å². The van der Waals surface area contributed by atoms with Crippen molar-refractivity contribution in [3.8, 4) is 0 Å². The normalized spacial score (nSPS) is 12.3. The summed E-state index contributed by atoms with van der Waals surface area (Å²) in [5.41, 5.74) is 1.61. The van der Waals surface area contributed by atoms with Gasteiger partial charge in [-0.25, -0.2) is 0 Å². The van der Waals surface area contributed by atoms with Gasteiger partial charge in [-0.3, -0.25) is 4.79 Å². The largest absolute Gasteiger partial charge is 0.472 e. The Morgan fingerprint density at radius 2 is 2.06 bits per heavy atom. The fraction of sp³-hybridized carbons (Fsp3) is 0.250. The van der Waals surface area contributed by atoms with Gasteiger partial charge in [-0.2, -0.15) is 0 Å². The summed E-state index contributed by atoms with van der Waals surface area (Å²) >= 11 is 0. The minimum atomic E-state index is -0.121. The predicted octanol–water partition coefficient (Wildman–Crippen LogP) is 2.23. The van der Waals surface area contributed by atoms with Gasteiger partial charge >= 0.3 is 0 Å². The third-order valence-electron chi connectivity index (χ3n) is 2.28. The van der Waals surface area contributed by atoms with Crippen LogP contribution in [0.3, 0.4) is 0 Å². The van der Waals surface area contributed by atoms with Crippen molar-refractivity contribution in [2.45, 2.75) is 19.4 Å². The van der Waals surface area contributed by atoms with Crippen LogP contribution in [0.4, 0.5) is 0 Å². The molecular weight excluding hydrogens is 206 g/mol. The summed E-state index contributed by atoms with van der Waals surface area (Å²) in [4.78, 5) is 11.7. The lowest BCUT2D eigenvalue weighted by Gasteiger charge is -2.11. The highest BCUT2D eigenvalue weighted by Gasteiger charge is 2.11. The standard InChI is InChI=1S/C12H13NO3/c1-9(6-10-2-4-15-7-10)13-12(14)11-3-5-16-8-11/h2-5,7-9H,6H2,1H3,(H,13,14). The van der Waals surface area contributed by atoms with E-state index in [1.54, 1.807) is 18.6 Å². The van der Waals surface area contributed by atoms with E-state index in [1.165, 1.54) is 12.5 Å². The molecule has 84 valence electrons. The molecule has 2 aromatic heterocycles. The number of rotatable bonds is 4. The predicted molar refractivity (Wildman–Crippen MR) is 58.0 cm³/mol. The molecule has 4 heteroatoms. The second kappa shape index (κ2) is 4.70. The molecule has 1 unspecified atom stereocenters. The molecule has 0 aliphatic carbocycles. The van der Waals surface area contributed by atoms with E-state index >= 15 is 0 Å². The van der Waals surface area contributed by atoms with E-state index < -0.39 is 0 Å². The number of furan rings is 2. The van der Waals surface area contributed by atoms with E-state index in [0.717, 1.165) is 12.0 Å². The number of carbonyl (C=O) groups excluding carboxylic acids is 1. The minimum absolute atomic E-state index is 0.0556. The molecule has 1 amide bonds. The van der Waals surface area contributed by atoms with Crippen molar-refractivity contribution in [1.82, 2.24) is 5.32 Å². The van der Waals surface area contributed by atoms with Gasteiger partial charge < -0.3 is 14.2 Å². The maximum absolute atomic E-state index is 11.7. The molecule has 16 heavy (non-hydrogen) atoms. The third kappa shape index (κ3) is 2.53. The highest BCUT2D eigenvalue weighted by Crippen LogP contribution is 2.05. The maximum atomic E-state index is 11.7. The number of hydrogen-bond acceptors (Lipinski definition) is 3. The lowest BCUT2D eigenvalue weighted by atomic mass is 10.1. The van der Waals surface area contributed by atoms with E-state index in [-0.39, 0.29) is 11.9 Å². The fourth-order valence-corrected chi connectivity index (χ4v) is 1.51. The Labute approximate surface area is 93.2 Å². The van der Waals surface area contributed by atoms with E-state index in [2.05, 4.69) is 5.32 Å². The number of amides is 1. The number of carbonyl (C=O) groups is 1. The average Bonchev–Trinajstić information content (AvgIpc) is 2.88. The molecule has 0 aliphatic rings. The molecule has 0 spiro atoms. The lowest BCUT2D eigenvalue weighted by Crippen LogP contribution is -2.33. The Kier molecular flexibility index (Phi) is 3.10. The first kappa shape index (κ1) is 10.5. The molecule has 2 aromatic rings. The first-order valence-electron chi connectivity index (χ1n) is 5.10. The Hall–Kier alpha value is -1.97. The van der Waals surface area contributed by atoms with Gasteiger partial charge in [-0.15, -0.1) is 0 Å². The third-order valence-corrected chi connectivity index (χ3v) is 2.28. The second-order valence-electron chi connectivity index (χ2n) is 3.72. The van der Waals surface area contributed by atoms with Gasteiger partial charge in [0, 0.05) is 6.04 Å². The van der Waals surface area contributed by atoms with Crippen molar-refractivity contribution >= 4 is 5.91 Å². The SMILES string of the molecule is CC(Cc1ccoc1)NC(=O)c1ccoc1. The van der Waals surface area contributed by atoms with Crippen LogP contribution in [0.2, 0.25) is 0 Å². The molecule has 0 bridgehead atoms. The number of nitrogens with one attached hydrogen (secondary N) is 1. The minimum Gasteiger partial charge on any atom is -0.472 e. The summed E-state index contributed by atoms with van der Waals surface area (Å²) in [6, 6.07) is 3.58. The van der Waals surface area contributed by atoms with E-state index in [9.17, 15) is 4.79 Å². The summed E-state index contributed by atoms with van der Waals surface area (Å²) in [6.07, 6.45) is 6.97. The van der Waals surface area contributed by atoms with Gasteiger partial charge in [0.25, 0.3) is 5.91 Å². The first-order valence-corrected chi connectivity index (χ1v) is 5.10. The van der Waals surface area contributed by atoms with E-state index in [0.29, 0.717) is 5.56 Å². The summed E-state index contributed by atoms with van der Waals surface area (Å²) < 4.78 is 9.81. The molecule has 0 radical (unpaired) electrons. The fourth-order valence-electron chi connectivity index (χ4n) is 1.51. The van der Waals surface area contributed by atoms with Gasteiger partial charge in [-0.1, -0.05) is 0 Å². The molecule has 0 aliphatic heterocycles. The molecular formula is C12H13NO3. The van der Waals surface area contributed by atoms with Gasteiger partial charge in [0.05, 0.1) is 24.4 Å². The zero-order valence-corrected chi connectivity index (χ0v) is 8.97. The smallest absolute Gasteiger partial charge is 0.254 e. The van der Waals surface area contributed by atoms with Gasteiger partial charge in [0.1, 0.15) is 6.26 Å². The van der Waals surface area contributed by atoms with Crippen LogP contribution in [0.15, 0.2) is 46.0 Å². The molecule has 0 saturated heterocycles. The molecule has 0 fully saturated rings. The van der Waals surface area contributed by atoms with Crippen molar-refractivity contribution in [2.24, 2.45) is 0 Å². The highest BCUT2D eigenvalue weighted by atomic mass is 16.3. The summed E-state index contributed by atoms with van der Waals surface area (Å²) in [7, 11) is 0. The Morgan fingerprint density at radius 3 is 2.69 bits per heavy atom. The molecule has 2 heterocycles.